The molecule has 2 aliphatic rings. The zero-order chi connectivity index (χ0) is 21.6. The lowest BCUT2D eigenvalue weighted by atomic mass is 9.95. The van der Waals surface area contributed by atoms with E-state index in [2.05, 4.69) is 35.4 Å². The van der Waals surface area contributed by atoms with Crippen LogP contribution in [0.15, 0.2) is 41.2 Å². The van der Waals surface area contributed by atoms with Crippen molar-refractivity contribution >= 4 is 17.2 Å². The van der Waals surface area contributed by atoms with E-state index in [1.165, 1.54) is 25.7 Å². The molecular weight excluding hydrogens is 408 g/mol. The molecule has 1 aromatic heterocycles. The lowest BCUT2D eigenvalue weighted by molar-refractivity contribution is 0.309. The molecule has 31 heavy (non-hydrogen) atoms. The first-order chi connectivity index (χ1) is 15.2. The van der Waals surface area contributed by atoms with Crippen LogP contribution in [-0.4, -0.2) is 24.7 Å². The molecule has 1 aromatic carbocycles. The Morgan fingerprint density at radius 2 is 2.00 bits per heavy atom. The average molecular weight is 441 g/mol. The number of aromatic nitrogens is 1. The number of hydrogen-bond acceptors (Lipinski definition) is 3. The van der Waals surface area contributed by atoms with Crippen LogP contribution in [-0.2, 0) is 0 Å². The molecule has 2 N–H and O–H groups in total. The number of halogens is 1. The Labute approximate surface area is 190 Å². The van der Waals surface area contributed by atoms with Crippen molar-refractivity contribution in [2.24, 2.45) is 5.92 Å². The molecule has 0 saturated heterocycles. The monoisotopic (exact) mass is 440 g/mol. The summed E-state index contributed by atoms with van der Waals surface area (Å²) >= 11 is 6.58. The molecule has 166 valence electrons. The van der Waals surface area contributed by atoms with Crippen LogP contribution in [0.5, 0.6) is 5.75 Å². The van der Waals surface area contributed by atoms with E-state index >= 15 is 0 Å². The van der Waals surface area contributed by atoms with Crippen molar-refractivity contribution in [2.75, 3.05) is 19.7 Å². The second-order valence-electron chi connectivity index (χ2n) is 8.76. The summed E-state index contributed by atoms with van der Waals surface area (Å²) in [7, 11) is 0. The molecule has 5 heteroatoms. The summed E-state index contributed by atoms with van der Waals surface area (Å²) in [4.78, 5) is 15.8. The van der Waals surface area contributed by atoms with Crippen LogP contribution in [0.4, 0.5) is 0 Å². The molecule has 0 spiro atoms. The first kappa shape index (κ1) is 22.2. The fraction of sp³-hybridized carbons (Fsp3) is 0.500. The van der Waals surface area contributed by atoms with Crippen molar-refractivity contribution < 1.29 is 4.74 Å². The molecule has 0 atom stereocenters. The van der Waals surface area contributed by atoms with E-state index in [0.29, 0.717) is 29.2 Å². The molecule has 2 aromatic rings. The highest BCUT2D eigenvalue weighted by atomic mass is 35.5. The van der Waals surface area contributed by atoms with Gasteiger partial charge in [-0.15, -0.1) is 0 Å². The van der Waals surface area contributed by atoms with Crippen LogP contribution in [0, 0.1) is 5.92 Å². The first-order valence-electron chi connectivity index (χ1n) is 11.7. The molecule has 0 unspecified atom stereocenters. The summed E-state index contributed by atoms with van der Waals surface area (Å²) in [6.45, 7) is 4.63. The molecule has 2 aliphatic carbocycles. The maximum absolute atomic E-state index is 12.7. The minimum Gasteiger partial charge on any atom is -0.492 e. The zero-order valence-electron chi connectivity index (χ0n) is 18.4. The largest absolute Gasteiger partial charge is 0.492 e. The Balaban J connectivity index is 1.57. The summed E-state index contributed by atoms with van der Waals surface area (Å²) in [5, 5.41) is 3.90. The Bertz CT molecular complexity index is 972. The summed E-state index contributed by atoms with van der Waals surface area (Å²) in [6.07, 6.45) is 10.5. The molecule has 0 bridgehead atoms. The van der Waals surface area contributed by atoms with Gasteiger partial charge in [0.2, 0.25) is 0 Å². The van der Waals surface area contributed by atoms with Gasteiger partial charge in [0, 0.05) is 16.8 Å². The van der Waals surface area contributed by atoms with Crippen molar-refractivity contribution in [2.45, 2.75) is 57.8 Å². The van der Waals surface area contributed by atoms with E-state index in [4.69, 9.17) is 16.3 Å². The van der Waals surface area contributed by atoms with Gasteiger partial charge in [0.1, 0.15) is 5.75 Å². The molecule has 2 saturated carbocycles. The van der Waals surface area contributed by atoms with Crippen LogP contribution < -0.4 is 15.6 Å². The standard InChI is InChI=1S/C26H33ClN2O2/c1-2-28-14-5-15-31-25-13-10-20(17-23(25)27)22(16-18-6-3-4-7-18)24-12-11-21(19-8-9-19)26(30)29-24/h10-13,16-19,28H,2-9,14-15H2,1H3,(H,29,30)/b22-16+. The number of allylic oxidation sites excluding steroid dienone is 1. The number of benzene rings is 1. The van der Waals surface area contributed by atoms with Gasteiger partial charge in [-0.3, -0.25) is 4.79 Å². The summed E-state index contributed by atoms with van der Waals surface area (Å²) in [6, 6.07) is 10.0. The van der Waals surface area contributed by atoms with Gasteiger partial charge in [-0.05, 0) is 80.8 Å². The maximum Gasteiger partial charge on any atom is 0.251 e. The molecule has 0 aliphatic heterocycles. The zero-order valence-corrected chi connectivity index (χ0v) is 19.1. The SMILES string of the molecule is CCNCCCOc1ccc(/C(=C\C2CCCC2)c2ccc(C3CC3)c(=O)[nH]2)cc1Cl. The number of rotatable bonds is 10. The Morgan fingerprint density at radius 3 is 2.68 bits per heavy atom. The van der Waals surface area contributed by atoms with E-state index in [1.807, 2.05) is 18.2 Å². The van der Waals surface area contributed by atoms with Crippen molar-refractivity contribution in [3.8, 4) is 5.75 Å². The van der Waals surface area contributed by atoms with Gasteiger partial charge in [-0.2, -0.15) is 0 Å². The van der Waals surface area contributed by atoms with Gasteiger partial charge < -0.3 is 15.0 Å². The fourth-order valence-electron chi connectivity index (χ4n) is 4.40. The summed E-state index contributed by atoms with van der Waals surface area (Å²) < 4.78 is 5.88. The molecule has 2 fully saturated rings. The van der Waals surface area contributed by atoms with E-state index in [1.54, 1.807) is 0 Å². The highest BCUT2D eigenvalue weighted by Gasteiger charge is 2.26. The molecule has 0 radical (unpaired) electrons. The summed E-state index contributed by atoms with van der Waals surface area (Å²) in [5.74, 6) is 1.69. The number of pyridine rings is 1. The molecule has 4 nitrogen and oxygen atoms in total. The Hall–Kier alpha value is -2.04. The maximum atomic E-state index is 12.7. The first-order valence-corrected chi connectivity index (χ1v) is 12.1. The van der Waals surface area contributed by atoms with Gasteiger partial charge in [0.05, 0.1) is 11.6 Å². The normalized spacial score (nSPS) is 17.3. The van der Waals surface area contributed by atoms with E-state index < -0.39 is 0 Å². The molecular formula is C26H33ClN2O2. The minimum absolute atomic E-state index is 0.0454. The lowest BCUT2D eigenvalue weighted by Crippen LogP contribution is -2.16. The van der Waals surface area contributed by atoms with Gasteiger partial charge in [-0.25, -0.2) is 0 Å². The number of ether oxygens (including phenoxy) is 1. The van der Waals surface area contributed by atoms with Crippen LogP contribution in [0.25, 0.3) is 5.57 Å². The Kier molecular flexibility index (Phi) is 7.52. The third kappa shape index (κ3) is 5.81. The highest BCUT2D eigenvalue weighted by molar-refractivity contribution is 6.32. The second kappa shape index (κ2) is 10.5. The third-order valence-corrected chi connectivity index (χ3v) is 6.59. The van der Waals surface area contributed by atoms with Crippen LogP contribution in [0.2, 0.25) is 5.02 Å². The highest BCUT2D eigenvalue weighted by Crippen LogP contribution is 2.39. The van der Waals surface area contributed by atoms with E-state index in [0.717, 1.165) is 54.7 Å². The predicted octanol–water partition coefficient (Wildman–Crippen LogP) is 5.91. The predicted molar refractivity (Wildman–Crippen MR) is 128 cm³/mol. The molecule has 0 amide bonds. The van der Waals surface area contributed by atoms with E-state index in [9.17, 15) is 4.79 Å². The number of hydrogen-bond donors (Lipinski definition) is 2. The van der Waals surface area contributed by atoms with Crippen molar-refractivity contribution in [1.29, 1.82) is 0 Å². The van der Waals surface area contributed by atoms with Gasteiger partial charge >= 0.3 is 0 Å². The van der Waals surface area contributed by atoms with E-state index in [-0.39, 0.29) is 5.56 Å². The van der Waals surface area contributed by atoms with Crippen molar-refractivity contribution in [3.63, 3.8) is 0 Å². The van der Waals surface area contributed by atoms with Crippen molar-refractivity contribution in [3.05, 3.63) is 68.6 Å². The lowest BCUT2D eigenvalue weighted by Gasteiger charge is -2.14. The number of aromatic amines is 1. The number of nitrogens with one attached hydrogen (secondary N) is 2. The Morgan fingerprint density at radius 1 is 1.19 bits per heavy atom. The second-order valence-corrected chi connectivity index (χ2v) is 9.16. The molecule has 1 heterocycles. The third-order valence-electron chi connectivity index (χ3n) is 6.30. The molecule has 4 rings (SSSR count). The number of H-pyrrole nitrogens is 1. The van der Waals surface area contributed by atoms with Crippen molar-refractivity contribution in [1.82, 2.24) is 10.3 Å². The van der Waals surface area contributed by atoms with Gasteiger partial charge in [-0.1, -0.05) is 49.6 Å². The smallest absolute Gasteiger partial charge is 0.251 e. The van der Waals surface area contributed by atoms with Crippen LogP contribution in [0.1, 0.15) is 74.6 Å². The summed E-state index contributed by atoms with van der Waals surface area (Å²) in [5.41, 5.74) is 3.92. The minimum atomic E-state index is 0.0454. The van der Waals surface area contributed by atoms with Crippen LogP contribution >= 0.6 is 11.6 Å². The van der Waals surface area contributed by atoms with Gasteiger partial charge in [0.25, 0.3) is 5.56 Å². The van der Waals surface area contributed by atoms with Crippen LogP contribution in [0.3, 0.4) is 0 Å². The quantitative estimate of drug-likeness (QED) is 0.452. The fourth-order valence-corrected chi connectivity index (χ4v) is 4.64. The average Bonchev–Trinajstić information content (AvgIpc) is 3.47. The topological polar surface area (TPSA) is 54.1 Å². The van der Waals surface area contributed by atoms with Gasteiger partial charge in [0.15, 0.2) is 0 Å².